The monoisotopic (exact) mass is 480 g/mol. The van der Waals surface area contributed by atoms with Crippen LogP contribution in [0, 0.1) is 22.0 Å². The predicted octanol–water partition coefficient (Wildman–Crippen LogP) is 3.62. The number of imide groups is 1. The van der Waals surface area contributed by atoms with Crippen LogP contribution in [-0.2, 0) is 14.4 Å². The van der Waals surface area contributed by atoms with Crippen molar-refractivity contribution in [3.63, 3.8) is 0 Å². The number of anilines is 3. The number of para-hydroxylation sites is 2. The summed E-state index contributed by atoms with van der Waals surface area (Å²) in [5, 5.41) is 13.8. The fraction of sp³-hybridized carbons (Fsp3) is 0.148. The van der Waals surface area contributed by atoms with Crippen molar-refractivity contribution in [2.75, 3.05) is 15.1 Å². The maximum absolute atomic E-state index is 13.7. The Kier molecular flexibility index (Phi) is 4.92. The van der Waals surface area contributed by atoms with Crippen molar-refractivity contribution in [2.24, 2.45) is 11.8 Å². The number of nitro groups is 1. The van der Waals surface area contributed by atoms with Crippen LogP contribution in [0.1, 0.15) is 5.56 Å². The van der Waals surface area contributed by atoms with Crippen LogP contribution in [0.25, 0.3) is 6.08 Å². The average molecular weight is 480 g/mol. The molecule has 0 spiro atoms. The highest BCUT2D eigenvalue weighted by atomic mass is 16.6. The van der Waals surface area contributed by atoms with Gasteiger partial charge in [-0.15, -0.1) is 0 Å². The third-order valence-electron chi connectivity index (χ3n) is 7.04. The number of hydrogen-bond donors (Lipinski definition) is 1. The lowest BCUT2D eigenvalue weighted by Crippen LogP contribution is -2.50. The van der Waals surface area contributed by atoms with Crippen LogP contribution in [0.4, 0.5) is 22.7 Å². The summed E-state index contributed by atoms with van der Waals surface area (Å²) in [6, 6.07) is 20.3. The summed E-state index contributed by atoms with van der Waals surface area (Å²) in [5.74, 6) is -2.82. The Hall–Kier alpha value is -4.79. The van der Waals surface area contributed by atoms with Gasteiger partial charge in [0.25, 0.3) is 5.69 Å². The summed E-state index contributed by atoms with van der Waals surface area (Å²) in [4.78, 5) is 54.6. The fourth-order valence-electron chi connectivity index (χ4n) is 5.53. The first-order chi connectivity index (χ1) is 17.5. The van der Waals surface area contributed by atoms with Gasteiger partial charge in [-0.2, -0.15) is 0 Å². The summed E-state index contributed by atoms with van der Waals surface area (Å²) < 4.78 is 0. The van der Waals surface area contributed by atoms with Crippen molar-refractivity contribution in [2.45, 2.75) is 12.1 Å². The van der Waals surface area contributed by atoms with Gasteiger partial charge in [0.05, 0.1) is 28.5 Å². The summed E-state index contributed by atoms with van der Waals surface area (Å²) in [5.41, 5.74) is 2.40. The van der Waals surface area contributed by atoms with Crippen molar-refractivity contribution in [3.8, 4) is 0 Å². The molecular formula is C27H20N4O5. The van der Waals surface area contributed by atoms with Crippen LogP contribution in [-0.4, -0.2) is 34.7 Å². The Balaban J connectivity index is 1.41. The van der Waals surface area contributed by atoms with Gasteiger partial charge in [0.15, 0.2) is 0 Å². The van der Waals surface area contributed by atoms with Crippen LogP contribution < -0.4 is 15.1 Å². The average Bonchev–Trinajstić information content (AvgIpc) is 3.37. The Labute approximate surface area is 205 Å². The van der Waals surface area contributed by atoms with Gasteiger partial charge >= 0.3 is 0 Å². The minimum atomic E-state index is -0.952. The molecule has 9 heteroatoms. The van der Waals surface area contributed by atoms with Gasteiger partial charge in [-0.25, -0.2) is 4.90 Å². The van der Waals surface area contributed by atoms with Gasteiger partial charge in [-0.05, 0) is 35.9 Å². The van der Waals surface area contributed by atoms with Gasteiger partial charge in [-0.1, -0.05) is 48.6 Å². The molecular weight excluding hydrogens is 460 g/mol. The van der Waals surface area contributed by atoms with Crippen LogP contribution in [0.3, 0.4) is 0 Å². The number of nitrogens with one attached hydrogen (secondary N) is 1. The van der Waals surface area contributed by atoms with Crippen molar-refractivity contribution >= 4 is 46.5 Å². The second-order valence-corrected chi connectivity index (χ2v) is 8.95. The van der Waals surface area contributed by atoms with E-state index in [-0.39, 0.29) is 11.6 Å². The summed E-state index contributed by atoms with van der Waals surface area (Å²) in [6.07, 6.45) is 3.81. The van der Waals surface area contributed by atoms with E-state index in [1.165, 1.54) is 29.2 Å². The van der Waals surface area contributed by atoms with E-state index in [0.29, 0.717) is 11.4 Å². The molecule has 3 aromatic carbocycles. The van der Waals surface area contributed by atoms with Crippen LogP contribution in [0.5, 0.6) is 0 Å². The standard InChI is InChI=1S/C27H20N4O5/c32-25(28-17-11-13-19(14-12-17)31(35)36)24-23-22(21-15-10-16-6-4-5-9-20(16)30(21)24)26(33)29(27(23)34)18-7-2-1-3-8-18/h1-15,21-24H,(H,28,32)/t21-,22-,23-,24+/m1/s1. The zero-order chi connectivity index (χ0) is 25.0. The molecule has 36 heavy (non-hydrogen) atoms. The van der Waals surface area contributed by atoms with E-state index in [9.17, 15) is 24.5 Å². The quantitative estimate of drug-likeness (QED) is 0.347. The number of rotatable bonds is 4. The predicted molar refractivity (Wildman–Crippen MR) is 133 cm³/mol. The van der Waals surface area contributed by atoms with E-state index in [2.05, 4.69) is 5.32 Å². The second kappa shape index (κ2) is 8.16. The minimum absolute atomic E-state index is 0.0980. The first kappa shape index (κ1) is 21.7. The summed E-state index contributed by atoms with van der Waals surface area (Å²) in [6.45, 7) is 0. The van der Waals surface area contributed by atoms with Crippen LogP contribution in [0.2, 0.25) is 0 Å². The van der Waals surface area contributed by atoms with Gasteiger partial charge < -0.3 is 10.2 Å². The van der Waals surface area contributed by atoms with Crippen molar-refractivity contribution in [1.29, 1.82) is 0 Å². The number of amides is 3. The summed E-state index contributed by atoms with van der Waals surface area (Å²) >= 11 is 0. The SMILES string of the molecule is O=C(Nc1ccc([N+](=O)[O-])cc1)[C@@H]1[C@@H]2C(=O)N(c3ccccc3)C(=O)[C@@H]2[C@H]2C=Cc3ccccc3N21. The number of nitrogens with zero attached hydrogens (tertiary/aromatic N) is 3. The zero-order valence-electron chi connectivity index (χ0n) is 18.9. The second-order valence-electron chi connectivity index (χ2n) is 8.95. The van der Waals surface area contributed by atoms with Crippen molar-refractivity contribution in [3.05, 3.63) is 101 Å². The maximum atomic E-state index is 13.7. The van der Waals surface area contributed by atoms with E-state index in [4.69, 9.17) is 0 Å². The van der Waals surface area contributed by atoms with E-state index in [1.807, 2.05) is 41.3 Å². The highest BCUT2D eigenvalue weighted by Gasteiger charge is 2.64. The summed E-state index contributed by atoms with van der Waals surface area (Å²) in [7, 11) is 0. The lowest BCUT2D eigenvalue weighted by Gasteiger charge is -2.36. The molecule has 0 aromatic heterocycles. The molecule has 3 aromatic rings. The van der Waals surface area contributed by atoms with Gasteiger partial charge in [-0.3, -0.25) is 24.5 Å². The molecule has 0 saturated carbocycles. The molecule has 0 aliphatic carbocycles. The molecule has 9 nitrogen and oxygen atoms in total. The first-order valence-electron chi connectivity index (χ1n) is 11.5. The number of hydrogen-bond acceptors (Lipinski definition) is 6. The molecule has 1 N–H and O–H groups in total. The molecule has 4 atom stereocenters. The van der Waals surface area contributed by atoms with Gasteiger partial charge in [0.1, 0.15) is 6.04 Å². The van der Waals surface area contributed by atoms with E-state index < -0.39 is 40.7 Å². The Morgan fingerprint density at radius 3 is 2.25 bits per heavy atom. The topological polar surface area (TPSA) is 113 Å². The highest BCUT2D eigenvalue weighted by Crippen LogP contribution is 2.49. The van der Waals surface area contributed by atoms with Crippen molar-refractivity contribution < 1.29 is 19.3 Å². The zero-order valence-corrected chi connectivity index (χ0v) is 18.9. The van der Waals surface area contributed by atoms with E-state index >= 15 is 0 Å². The molecule has 6 rings (SSSR count). The van der Waals surface area contributed by atoms with E-state index in [1.54, 1.807) is 30.3 Å². The van der Waals surface area contributed by atoms with Crippen LogP contribution in [0.15, 0.2) is 84.9 Å². The number of non-ortho nitro benzene ring substituents is 1. The molecule has 0 radical (unpaired) electrons. The molecule has 3 amide bonds. The molecule has 2 saturated heterocycles. The minimum Gasteiger partial charge on any atom is -0.351 e. The largest absolute Gasteiger partial charge is 0.351 e. The van der Waals surface area contributed by atoms with Crippen LogP contribution >= 0.6 is 0 Å². The number of carbonyl (C=O) groups excluding carboxylic acids is 3. The van der Waals surface area contributed by atoms with Crippen molar-refractivity contribution in [1.82, 2.24) is 0 Å². The molecule has 3 heterocycles. The lowest BCUT2D eigenvalue weighted by molar-refractivity contribution is -0.384. The number of benzene rings is 3. The lowest BCUT2D eigenvalue weighted by atomic mass is 9.88. The highest BCUT2D eigenvalue weighted by molar-refractivity contribution is 6.25. The Bertz CT molecular complexity index is 1440. The number of fused-ring (bicyclic) bond motifs is 5. The normalized spacial score (nSPS) is 23.8. The number of nitro benzene ring substituents is 1. The van der Waals surface area contributed by atoms with Gasteiger partial charge in [0, 0.05) is 23.5 Å². The number of carbonyl (C=O) groups is 3. The first-order valence-corrected chi connectivity index (χ1v) is 11.5. The molecule has 178 valence electrons. The Morgan fingerprint density at radius 1 is 0.861 bits per heavy atom. The third kappa shape index (κ3) is 3.20. The Morgan fingerprint density at radius 2 is 1.53 bits per heavy atom. The van der Waals surface area contributed by atoms with E-state index in [0.717, 1.165) is 11.3 Å². The fourth-order valence-corrected chi connectivity index (χ4v) is 5.53. The third-order valence-corrected chi connectivity index (χ3v) is 7.04. The molecule has 3 aliphatic heterocycles. The molecule has 0 bridgehead atoms. The molecule has 3 aliphatic rings. The van der Waals surface area contributed by atoms with Gasteiger partial charge in [0.2, 0.25) is 17.7 Å². The molecule has 2 fully saturated rings. The maximum Gasteiger partial charge on any atom is 0.269 e. The molecule has 0 unspecified atom stereocenters. The smallest absolute Gasteiger partial charge is 0.269 e.